The molecule has 19 heavy (non-hydrogen) atoms. The first kappa shape index (κ1) is 13.5. The molecule has 0 saturated heterocycles. The normalized spacial score (nSPS) is 21.1. The minimum absolute atomic E-state index is 0.0207. The maximum Gasteiger partial charge on any atom is 0.313 e. The van der Waals surface area contributed by atoms with Gasteiger partial charge in [0.2, 0.25) is 0 Å². The largest absolute Gasteiger partial charge is 0.469 e. The molecule has 0 aliphatic heterocycles. The lowest BCUT2D eigenvalue weighted by Crippen LogP contribution is -2.22. The number of fused-ring (bicyclic) bond motifs is 1. The number of carbonyl (C=O) groups is 3. The number of methoxy groups -OCH3 is 1. The van der Waals surface area contributed by atoms with Gasteiger partial charge in [-0.1, -0.05) is 24.3 Å². The van der Waals surface area contributed by atoms with Crippen LogP contribution in [0.4, 0.5) is 0 Å². The lowest BCUT2D eigenvalue weighted by atomic mass is 9.88. The second kappa shape index (κ2) is 5.34. The third kappa shape index (κ3) is 2.43. The van der Waals surface area contributed by atoms with Crippen LogP contribution < -0.4 is 0 Å². The van der Waals surface area contributed by atoms with Crippen molar-refractivity contribution in [3.8, 4) is 0 Å². The minimum atomic E-state index is -0.576. The molecule has 2 unspecified atom stereocenters. The van der Waals surface area contributed by atoms with E-state index in [0.29, 0.717) is 24.0 Å². The molecule has 0 saturated carbocycles. The molecule has 0 heterocycles. The average Bonchev–Trinajstić information content (AvgIpc) is 2.69. The zero-order valence-corrected chi connectivity index (χ0v) is 11.0. The Kier molecular flexibility index (Phi) is 3.79. The summed E-state index contributed by atoms with van der Waals surface area (Å²) in [6.45, 7) is 1.49. The van der Waals surface area contributed by atoms with Gasteiger partial charge in [0.15, 0.2) is 5.78 Å². The van der Waals surface area contributed by atoms with E-state index in [1.807, 2.05) is 0 Å². The van der Waals surface area contributed by atoms with Crippen LogP contribution >= 0.6 is 0 Å². The van der Waals surface area contributed by atoms with Gasteiger partial charge in [-0.2, -0.15) is 0 Å². The number of esters is 1. The maximum atomic E-state index is 12.3. The fourth-order valence-corrected chi connectivity index (χ4v) is 2.64. The molecule has 1 aromatic rings. The Balaban J connectivity index is 2.35. The highest BCUT2D eigenvalue weighted by Crippen LogP contribution is 2.40. The monoisotopic (exact) mass is 260 g/mol. The Morgan fingerprint density at radius 3 is 2.58 bits per heavy atom. The van der Waals surface area contributed by atoms with Crippen LogP contribution in [-0.2, 0) is 14.3 Å². The van der Waals surface area contributed by atoms with Crippen molar-refractivity contribution in [1.29, 1.82) is 0 Å². The van der Waals surface area contributed by atoms with Gasteiger partial charge in [0.25, 0.3) is 0 Å². The number of carbonyl (C=O) groups excluding carboxylic acids is 3. The molecule has 4 heteroatoms. The van der Waals surface area contributed by atoms with Crippen molar-refractivity contribution in [2.75, 3.05) is 7.11 Å². The van der Waals surface area contributed by atoms with Crippen LogP contribution in [0.5, 0.6) is 0 Å². The van der Waals surface area contributed by atoms with Crippen molar-refractivity contribution in [1.82, 2.24) is 0 Å². The second-order valence-electron chi connectivity index (χ2n) is 4.80. The van der Waals surface area contributed by atoms with Crippen molar-refractivity contribution >= 4 is 17.5 Å². The number of Topliss-reactive ketones (excluding diaryl/α,β-unsaturated/α-hetero) is 2. The topological polar surface area (TPSA) is 60.4 Å². The molecule has 2 rings (SSSR count). The molecule has 4 nitrogen and oxygen atoms in total. The van der Waals surface area contributed by atoms with Crippen LogP contribution in [-0.4, -0.2) is 24.6 Å². The van der Waals surface area contributed by atoms with Crippen LogP contribution in [0.1, 0.15) is 41.6 Å². The van der Waals surface area contributed by atoms with Crippen LogP contribution in [0, 0.1) is 5.92 Å². The molecule has 0 radical (unpaired) electrons. The van der Waals surface area contributed by atoms with E-state index in [4.69, 9.17) is 4.74 Å². The van der Waals surface area contributed by atoms with E-state index in [0.717, 1.165) is 0 Å². The van der Waals surface area contributed by atoms with Crippen LogP contribution in [0.25, 0.3) is 0 Å². The number of ketones is 2. The standard InChI is InChI=1S/C15H16O4/c1-9(16)7-8-12-13(15(18)19-2)10-5-3-4-6-11(10)14(12)17/h3-6,12-13H,7-8H2,1-2H3. The van der Waals surface area contributed by atoms with Crippen molar-refractivity contribution < 1.29 is 19.1 Å². The van der Waals surface area contributed by atoms with Crippen LogP contribution in [0.3, 0.4) is 0 Å². The van der Waals surface area contributed by atoms with E-state index < -0.39 is 17.8 Å². The lowest BCUT2D eigenvalue weighted by Gasteiger charge is -2.16. The number of hydrogen-bond donors (Lipinski definition) is 0. The molecule has 0 spiro atoms. The van der Waals surface area contributed by atoms with E-state index in [2.05, 4.69) is 0 Å². The summed E-state index contributed by atoms with van der Waals surface area (Å²) in [7, 11) is 1.32. The van der Waals surface area contributed by atoms with Gasteiger partial charge in [-0.05, 0) is 18.9 Å². The fraction of sp³-hybridized carbons (Fsp3) is 0.400. The molecule has 0 amide bonds. The quantitative estimate of drug-likeness (QED) is 0.778. The van der Waals surface area contributed by atoms with E-state index in [1.54, 1.807) is 24.3 Å². The molecule has 1 aliphatic rings. The molecule has 1 aromatic carbocycles. The molecule has 0 fully saturated rings. The predicted octanol–water partition coefficient (Wildman–Crippen LogP) is 2.12. The Morgan fingerprint density at radius 2 is 1.95 bits per heavy atom. The first-order chi connectivity index (χ1) is 9.06. The Labute approximate surface area is 111 Å². The molecule has 1 aliphatic carbocycles. The van der Waals surface area contributed by atoms with Crippen molar-refractivity contribution in [2.45, 2.75) is 25.7 Å². The molecule has 2 atom stereocenters. The van der Waals surface area contributed by atoms with Gasteiger partial charge in [-0.3, -0.25) is 9.59 Å². The molecule has 0 bridgehead atoms. The van der Waals surface area contributed by atoms with E-state index in [-0.39, 0.29) is 11.6 Å². The third-order valence-corrected chi connectivity index (χ3v) is 3.56. The first-order valence-corrected chi connectivity index (χ1v) is 6.26. The average molecular weight is 260 g/mol. The summed E-state index contributed by atoms with van der Waals surface area (Å²) in [5, 5.41) is 0. The van der Waals surface area contributed by atoms with Gasteiger partial charge in [0.1, 0.15) is 5.78 Å². The highest BCUT2D eigenvalue weighted by molar-refractivity contribution is 6.07. The minimum Gasteiger partial charge on any atom is -0.469 e. The predicted molar refractivity (Wildman–Crippen MR) is 68.9 cm³/mol. The third-order valence-electron chi connectivity index (χ3n) is 3.56. The summed E-state index contributed by atoms with van der Waals surface area (Å²) < 4.78 is 4.80. The highest BCUT2D eigenvalue weighted by Gasteiger charge is 2.43. The summed E-state index contributed by atoms with van der Waals surface area (Å²) in [5.41, 5.74) is 1.29. The molecule has 0 aromatic heterocycles. The number of rotatable bonds is 4. The summed E-state index contributed by atoms with van der Waals surface area (Å²) >= 11 is 0. The Morgan fingerprint density at radius 1 is 1.26 bits per heavy atom. The van der Waals surface area contributed by atoms with Crippen molar-refractivity contribution in [3.05, 3.63) is 35.4 Å². The summed E-state index contributed by atoms with van der Waals surface area (Å²) in [4.78, 5) is 35.3. The fourth-order valence-electron chi connectivity index (χ4n) is 2.64. The van der Waals surface area contributed by atoms with Crippen LogP contribution in [0.2, 0.25) is 0 Å². The van der Waals surface area contributed by atoms with E-state index >= 15 is 0 Å². The summed E-state index contributed by atoms with van der Waals surface area (Å²) in [6.07, 6.45) is 0.695. The Bertz CT molecular complexity index is 533. The number of benzene rings is 1. The van der Waals surface area contributed by atoms with Crippen molar-refractivity contribution in [3.63, 3.8) is 0 Å². The van der Waals surface area contributed by atoms with Gasteiger partial charge in [-0.25, -0.2) is 0 Å². The number of ether oxygens (including phenoxy) is 1. The van der Waals surface area contributed by atoms with Gasteiger partial charge in [0, 0.05) is 17.9 Å². The zero-order valence-electron chi connectivity index (χ0n) is 11.0. The second-order valence-corrected chi connectivity index (χ2v) is 4.80. The van der Waals surface area contributed by atoms with Gasteiger partial charge in [0.05, 0.1) is 13.0 Å². The van der Waals surface area contributed by atoms with E-state index in [1.165, 1.54) is 14.0 Å². The van der Waals surface area contributed by atoms with Crippen LogP contribution in [0.15, 0.2) is 24.3 Å². The molecule has 100 valence electrons. The van der Waals surface area contributed by atoms with Gasteiger partial charge < -0.3 is 9.53 Å². The molecule has 0 N–H and O–H groups in total. The summed E-state index contributed by atoms with van der Waals surface area (Å²) in [5.74, 6) is -1.51. The first-order valence-electron chi connectivity index (χ1n) is 6.26. The van der Waals surface area contributed by atoms with E-state index in [9.17, 15) is 14.4 Å². The van der Waals surface area contributed by atoms with Gasteiger partial charge in [-0.15, -0.1) is 0 Å². The Hall–Kier alpha value is -1.97. The number of hydrogen-bond acceptors (Lipinski definition) is 4. The smallest absolute Gasteiger partial charge is 0.313 e. The molecular formula is C15H16O4. The lowest BCUT2D eigenvalue weighted by molar-refractivity contribution is -0.143. The highest BCUT2D eigenvalue weighted by atomic mass is 16.5. The molecular weight excluding hydrogens is 244 g/mol. The SMILES string of the molecule is COC(=O)C1c2ccccc2C(=O)C1CCC(C)=O. The maximum absolute atomic E-state index is 12.3. The van der Waals surface area contributed by atoms with Gasteiger partial charge >= 0.3 is 5.97 Å². The summed E-state index contributed by atoms with van der Waals surface area (Å²) in [6, 6.07) is 7.08. The zero-order chi connectivity index (χ0) is 14.0. The van der Waals surface area contributed by atoms with Crippen molar-refractivity contribution in [2.24, 2.45) is 5.92 Å².